The molecule has 0 fully saturated rings. The Bertz CT molecular complexity index is 511. The molecule has 0 heterocycles. The van der Waals surface area contributed by atoms with Crippen molar-refractivity contribution in [2.75, 3.05) is 11.9 Å². The molecule has 1 rings (SSSR count). The summed E-state index contributed by atoms with van der Waals surface area (Å²) in [6.45, 7) is 1.06. The summed E-state index contributed by atoms with van der Waals surface area (Å²) in [6, 6.07) is 3.82. The lowest BCUT2D eigenvalue weighted by Crippen LogP contribution is -2.12. The van der Waals surface area contributed by atoms with Crippen LogP contribution in [-0.4, -0.2) is 34.7 Å². The Balaban J connectivity index is 2.99. The van der Waals surface area contributed by atoms with E-state index in [1.54, 1.807) is 6.92 Å². The van der Waals surface area contributed by atoms with Gasteiger partial charge in [-0.1, -0.05) is 6.92 Å². The summed E-state index contributed by atoms with van der Waals surface area (Å²) < 4.78 is 4.90. The summed E-state index contributed by atoms with van der Waals surface area (Å²) in [5, 5.41) is 19.9. The number of carboxylic acids is 2. The van der Waals surface area contributed by atoms with Crippen LogP contribution in [0.4, 0.5) is 5.69 Å². The third-order valence-electron chi connectivity index (χ3n) is 2.12. The van der Waals surface area contributed by atoms with Gasteiger partial charge in [0.2, 0.25) is 5.91 Å². The van der Waals surface area contributed by atoms with Gasteiger partial charge in [-0.2, -0.15) is 0 Å². The first kappa shape index (κ1) is 14.5. The minimum Gasteiger partial charge on any atom is -0.482 e. The van der Waals surface area contributed by atoms with Crippen LogP contribution in [0.15, 0.2) is 18.2 Å². The fourth-order valence-corrected chi connectivity index (χ4v) is 1.27. The number of anilines is 1. The van der Waals surface area contributed by atoms with Crippen molar-refractivity contribution in [3.8, 4) is 5.75 Å². The van der Waals surface area contributed by atoms with E-state index in [0.29, 0.717) is 0 Å². The summed E-state index contributed by atoms with van der Waals surface area (Å²) in [5.41, 5.74) is 0.140. The monoisotopic (exact) mass is 267 g/mol. The molecule has 0 bridgehead atoms. The molecule has 0 saturated heterocycles. The zero-order valence-corrected chi connectivity index (χ0v) is 10.2. The van der Waals surface area contributed by atoms with Gasteiger partial charge in [-0.15, -0.1) is 0 Å². The smallest absolute Gasteiger partial charge is 0.341 e. The highest BCUT2D eigenvalue weighted by molar-refractivity contribution is 5.94. The number of carbonyl (C=O) groups excluding carboxylic acids is 1. The Morgan fingerprint density at radius 1 is 1.21 bits per heavy atom. The zero-order valence-electron chi connectivity index (χ0n) is 10.2. The van der Waals surface area contributed by atoms with Crippen LogP contribution < -0.4 is 10.1 Å². The van der Waals surface area contributed by atoms with Crippen molar-refractivity contribution in [3.05, 3.63) is 23.8 Å². The van der Waals surface area contributed by atoms with Crippen molar-refractivity contribution in [2.45, 2.75) is 13.3 Å². The Labute approximate surface area is 108 Å². The number of ether oxygens (including phenoxy) is 1. The van der Waals surface area contributed by atoms with Gasteiger partial charge in [0.25, 0.3) is 0 Å². The molecule has 0 atom stereocenters. The molecule has 0 unspecified atom stereocenters. The molecule has 0 aliphatic heterocycles. The third-order valence-corrected chi connectivity index (χ3v) is 2.12. The number of nitrogens with one attached hydrogen (secondary N) is 1. The lowest BCUT2D eigenvalue weighted by Gasteiger charge is -2.09. The quantitative estimate of drug-likeness (QED) is 0.713. The second-order valence-corrected chi connectivity index (χ2v) is 3.64. The summed E-state index contributed by atoms with van der Waals surface area (Å²) >= 11 is 0. The first-order chi connectivity index (χ1) is 8.92. The van der Waals surface area contributed by atoms with Gasteiger partial charge in [0.15, 0.2) is 6.61 Å². The Morgan fingerprint density at radius 2 is 1.89 bits per heavy atom. The molecule has 0 aliphatic rings. The van der Waals surface area contributed by atoms with Gasteiger partial charge in [0.05, 0.1) is 5.56 Å². The van der Waals surface area contributed by atoms with Gasteiger partial charge >= 0.3 is 11.9 Å². The van der Waals surface area contributed by atoms with Crippen molar-refractivity contribution < 1.29 is 29.3 Å². The van der Waals surface area contributed by atoms with E-state index in [4.69, 9.17) is 14.9 Å². The van der Waals surface area contributed by atoms with Gasteiger partial charge in [-0.25, -0.2) is 9.59 Å². The molecule has 0 radical (unpaired) electrons. The Kier molecular flexibility index (Phi) is 4.87. The van der Waals surface area contributed by atoms with Crippen molar-refractivity contribution in [1.29, 1.82) is 0 Å². The highest BCUT2D eigenvalue weighted by atomic mass is 16.5. The molecule has 0 saturated carbocycles. The number of carbonyl (C=O) groups is 3. The topological polar surface area (TPSA) is 113 Å². The number of amides is 1. The number of benzene rings is 1. The molecular weight excluding hydrogens is 254 g/mol. The van der Waals surface area contributed by atoms with E-state index < -0.39 is 18.5 Å². The molecule has 7 nitrogen and oxygen atoms in total. The maximum Gasteiger partial charge on any atom is 0.341 e. The average Bonchev–Trinajstić information content (AvgIpc) is 2.35. The maximum absolute atomic E-state index is 11.2. The molecule has 1 aromatic rings. The fourth-order valence-electron chi connectivity index (χ4n) is 1.27. The van der Waals surface area contributed by atoms with E-state index in [1.165, 1.54) is 18.2 Å². The largest absolute Gasteiger partial charge is 0.482 e. The van der Waals surface area contributed by atoms with E-state index in [0.717, 1.165) is 0 Å². The first-order valence-corrected chi connectivity index (χ1v) is 5.45. The highest BCUT2D eigenvalue weighted by Gasteiger charge is 2.10. The van der Waals surface area contributed by atoms with E-state index in [-0.39, 0.29) is 29.3 Å². The Morgan fingerprint density at radius 3 is 2.42 bits per heavy atom. The van der Waals surface area contributed by atoms with E-state index in [2.05, 4.69) is 5.32 Å². The number of hydrogen-bond donors (Lipinski definition) is 3. The first-order valence-electron chi connectivity index (χ1n) is 5.45. The number of carboxylic acid groups (broad SMARTS) is 2. The number of aromatic carboxylic acids is 1. The molecule has 7 heteroatoms. The fraction of sp³-hybridized carbons (Fsp3) is 0.250. The molecule has 19 heavy (non-hydrogen) atoms. The van der Waals surface area contributed by atoms with Gasteiger partial charge in [0.1, 0.15) is 5.75 Å². The Hall–Kier alpha value is -2.57. The van der Waals surface area contributed by atoms with Gasteiger partial charge in [-0.3, -0.25) is 4.79 Å². The second kappa shape index (κ2) is 6.39. The van der Waals surface area contributed by atoms with Crippen LogP contribution in [0.25, 0.3) is 0 Å². The van der Waals surface area contributed by atoms with Crippen LogP contribution >= 0.6 is 0 Å². The molecule has 1 amide bonds. The van der Waals surface area contributed by atoms with E-state index in [1.807, 2.05) is 0 Å². The van der Waals surface area contributed by atoms with Crippen LogP contribution in [-0.2, 0) is 9.59 Å². The number of hydrogen-bond acceptors (Lipinski definition) is 4. The molecular formula is C12H13NO6. The summed E-state index contributed by atoms with van der Waals surface area (Å²) in [5.74, 6) is -2.60. The van der Waals surface area contributed by atoms with Crippen molar-refractivity contribution in [1.82, 2.24) is 0 Å². The van der Waals surface area contributed by atoms with E-state index in [9.17, 15) is 14.4 Å². The molecule has 3 N–H and O–H groups in total. The predicted molar refractivity (Wildman–Crippen MR) is 65.5 cm³/mol. The summed E-state index contributed by atoms with van der Waals surface area (Å²) in [7, 11) is 0. The van der Waals surface area contributed by atoms with Gasteiger partial charge in [0, 0.05) is 18.2 Å². The van der Waals surface area contributed by atoms with Crippen molar-refractivity contribution in [3.63, 3.8) is 0 Å². The average molecular weight is 267 g/mol. The predicted octanol–water partition coefficient (Wildman–Crippen LogP) is 1.20. The summed E-state index contributed by atoms with van der Waals surface area (Å²) in [6.07, 6.45) is 0.239. The van der Waals surface area contributed by atoms with Crippen molar-refractivity contribution in [2.24, 2.45) is 0 Å². The molecule has 1 aromatic carbocycles. The number of rotatable bonds is 6. The maximum atomic E-state index is 11.2. The van der Waals surface area contributed by atoms with Crippen LogP contribution in [0.5, 0.6) is 5.75 Å². The minimum atomic E-state index is -1.20. The van der Waals surface area contributed by atoms with E-state index >= 15 is 0 Å². The van der Waals surface area contributed by atoms with Gasteiger partial charge < -0.3 is 20.3 Å². The zero-order chi connectivity index (χ0) is 14.4. The highest BCUT2D eigenvalue weighted by Crippen LogP contribution is 2.21. The normalized spacial score (nSPS) is 9.74. The summed E-state index contributed by atoms with van der Waals surface area (Å²) in [4.78, 5) is 32.5. The lowest BCUT2D eigenvalue weighted by molar-refractivity contribution is -0.139. The second-order valence-electron chi connectivity index (χ2n) is 3.64. The van der Waals surface area contributed by atoms with Crippen LogP contribution in [0, 0.1) is 0 Å². The molecule has 102 valence electrons. The molecule has 0 aromatic heterocycles. The van der Waals surface area contributed by atoms with Crippen LogP contribution in [0.3, 0.4) is 0 Å². The van der Waals surface area contributed by atoms with Crippen LogP contribution in [0.1, 0.15) is 23.7 Å². The third kappa shape index (κ3) is 4.66. The molecule has 0 spiro atoms. The standard InChI is InChI=1S/C12H13NO6/c1-2-10(14)13-8-3-7(12(17)18)4-9(5-8)19-6-11(15)16/h3-5H,2,6H2,1H3,(H,13,14)(H,15,16)(H,17,18). The van der Waals surface area contributed by atoms with Crippen molar-refractivity contribution >= 4 is 23.5 Å². The van der Waals surface area contributed by atoms with Crippen LogP contribution in [0.2, 0.25) is 0 Å². The minimum absolute atomic E-state index is 0.0636. The SMILES string of the molecule is CCC(=O)Nc1cc(OCC(=O)O)cc(C(=O)O)c1. The molecule has 0 aliphatic carbocycles. The lowest BCUT2D eigenvalue weighted by atomic mass is 10.2. The number of aliphatic carboxylic acids is 1. The van der Waals surface area contributed by atoms with Gasteiger partial charge in [-0.05, 0) is 12.1 Å².